The average Bonchev–Trinajstić information content (AvgIpc) is 3.38. The predicted octanol–water partition coefficient (Wildman–Crippen LogP) is 1.91. The Morgan fingerprint density at radius 2 is 2.06 bits per heavy atom. The van der Waals surface area contributed by atoms with E-state index in [0.29, 0.717) is 18.5 Å². The smallest absolute Gasteiger partial charge is 0.224 e. The first-order valence-electron chi connectivity index (χ1n) is 10.9. The molecular formula is C23H26FN5O3. The van der Waals surface area contributed by atoms with Gasteiger partial charge in [-0.1, -0.05) is 12.1 Å². The highest BCUT2D eigenvalue weighted by molar-refractivity contribution is 5.88. The van der Waals surface area contributed by atoms with Crippen molar-refractivity contribution in [2.45, 2.75) is 31.4 Å². The van der Waals surface area contributed by atoms with Crippen LogP contribution in [0.1, 0.15) is 30.9 Å². The molecule has 1 amide bonds. The van der Waals surface area contributed by atoms with Crippen molar-refractivity contribution < 1.29 is 19.4 Å². The summed E-state index contributed by atoms with van der Waals surface area (Å²) in [7, 11) is 0. The van der Waals surface area contributed by atoms with E-state index in [1.54, 1.807) is 6.33 Å². The zero-order valence-electron chi connectivity index (χ0n) is 17.5. The number of aliphatic hydroxyl groups excluding tert-OH is 2. The maximum absolute atomic E-state index is 13.2. The molecule has 5 rings (SSSR count). The van der Waals surface area contributed by atoms with Crippen molar-refractivity contribution in [3.63, 3.8) is 0 Å². The molecular weight excluding hydrogens is 413 g/mol. The number of aliphatic hydroxyl groups is 2. The molecule has 4 N–H and O–H groups in total. The molecule has 2 fully saturated rings. The van der Waals surface area contributed by atoms with Gasteiger partial charge in [0.25, 0.3) is 0 Å². The largest absolute Gasteiger partial charge is 0.394 e. The minimum Gasteiger partial charge on any atom is -0.394 e. The van der Waals surface area contributed by atoms with E-state index in [0.717, 1.165) is 36.2 Å². The average molecular weight is 439 g/mol. The molecule has 1 saturated heterocycles. The van der Waals surface area contributed by atoms with E-state index < -0.39 is 24.6 Å². The van der Waals surface area contributed by atoms with Gasteiger partial charge in [-0.3, -0.25) is 4.79 Å². The fourth-order valence-corrected chi connectivity index (χ4v) is 4.93. The van der Waals surface area contributed by atoms with Gasteiger partial charge in [0.1, 0.15) is 29.7 Å². The number of halogens is 1. The van der Waals surface area contributed by atoms with Gasteiger partial charge in [0.2, 0.25) is 5.91 Å². The third kappa shape index (κ3) is 3.71. The van der Waals surface area contributed by atoms with Gasteiger partial charge in [-0.25, -0.2) is 14.4 Å². The van der Waals surface area contributed by atoms with E-state index in [2.05, 4.69) is 25.2 Å². The van der Waals surface area contributed by atoms with E-state index in [9.17, 15) is 19.4 Å². The molecule has 8 nitrogen and oxygen atoms in total. The molecule has 0 radical (unpaired) electrons. The Kier molecular flexibility index (Phi) is 5.30. The Balaban J connectivity index is 1.29. The number of nitrogens with zero attached hydrogens (tertiary/aromatic N) is 3. The highest BCUT2D eigenvalue weighted by Gasteiger charge is 2.55. The molecule has 32 heavy (non-hydrogen) atoms. The number of rotatable bonds is 6. The molecule has 1 saturated carbocycles. The van der Waals surface area contributed by atoms with Crippen LogP contribution >= 0.6 is 0 Å². The highest BCUT2D eigenvalue weighted by Crippen LogP contribution is 2.56. The van der Waals surface area contributed by atoms with Crippen LogP contribution in [0.3, 0.4) is 0 Å². The van der Waals surface area contributed by atoms with E-state index in [1.807, 2.05) is 12.3 Å². The third-order valence-corrected chi connectivity index (χ3v) is 6.89. The van der Waals surface area contributed by atoms with Crippen LogP contribution in [0.15, 0.2) is 42.9 Å². The first-order valence-corrected chi connectivity index (χ1v) is 10.9. The fraction of sp³-hybridized carbons (Fsp3) is 0.435. The van der Waals surface area contributed by atoms with Crippen molar-refractivity contribution in [1.29, 1.82) is 0 Å². The fourth-order valence-electron chi connectivity index (χ4n) is 4.93. The monoisotopic (exact) mass is 439 g/mol. The van der Waals surface area contributed by atoms with E-state index in [4.69, 9.17) is 0 Å². The predicted molar refractivity (Wildman–Crippen MR) is 116 cm³/mol. The molecule has 9 heteroatoms. The Labute approximate surface area is 184 Å². The van der Waals surface area contributed by atoms with Gasteiger partial charge in [-0.15, -0.1) is 0 Å². The van der Waals surface area contributed by atoms with Gasteiger partial charge in [0.05, 0.1) is 18.0 Å². The van der Waals surface area contributed by atoms with Crippen LogP contribution < -0.4 is 10.2 Å². The van der Waals surface area contributed by atoms with Crippen molar-refractivity contribution in [1.82, 2.24) is 20.3 Å². The summed E-state index contributed by atoms with van der Waals surface area (Å²) in [5.41, 5.74) is 1.11. The number of nitrogens with one attached hydrogen (secondary N) is 2. The first-order chi connectivity index (χ1) is 15.5. The molecule has 1 spiro atoms. The summed E-state index contributed by atoms with van der Waals surface area (Å²) >= 11 is 0. The number of H-pyrrole nitrogens is 1. The van der Waals surface area contributed by atoms with Crippen LogP contribution in [-0.2, 0) is 4.79 Å². The summed E-state index contributed by atoms with van der Waals surface area (Å²) in [5.74, 6) is 0.114. The number of amides is 1. The number of benzene rings is 1. The summed E-state index contributed by atoms with van der Waals surface area (Å²) in [6.07, 6.45) is 4.84. The lowest BCUT2D eigenvalue weighted by atomic mass is 9.81. The van der Waals surface area contributed by atoms with Gasteiger partial charge >= 0.3 is 0 Å². The molecule has 2 aliphatic rings. The van der Waals surface area contributed by atoms with E-state index >= 15 is 0 Å². The summed E-state index contributed by atoms with van der Waals surface area (Å²) in [4.78, 5) is 27.3. The maximum Gasteiger partial charge on any atom is 0.224 e. The van der Waals surface area contributed by atoms with Crippen LogP contribution in [0.2, 0.25) is 0 Å². The quantitative estimate of drug-likeness (QED) is 0.467. The van der Waals surface area contributed by atoms with Gasteiger partial charge in [-0.2, -0.15) is 0 Å². The number of carbonyl (C=O) groups excluding carboxylic acids is 1. The molecule has 2 aromatic heterocycles. The number of piperidine rings is 1. The van der Waals surface area contributed by atoms with Gasteiger partial charge < -0.3 is 25.4 Å². The minimum atomic E-state index is -1.12. The minimum absolute atomic E-state index is 0.128. The number of hydrogen-bond acceptors (Lipinski definition) is 6. The summed E-state index contributed by atoms with van der Waals surface area (Å²) in [6, 6.07) is 6.52. The van der Waals surface area contributed by atoms with Gasteiger partial charge in [-0.05, 0) is 48.4 Å². The number of hydrogen-bond donors (Lipinski definition) is 4. The van der Waals surface area contributed by atoms with Crippen molar-refractivity contribution in [3.8, 4) is 0 Å². The molecule has 2 unspecified atom stereocenters. The van der Waals surface area contributed by atoms with Crippen LogP contribution in [0.4, 0.5) is 10.2 Å². The highest BCUT2D eigenvalue weighted by atomic mass is 19.1. The first kappa shape index (κ1) is 20.8. The zero-order valence-corrected chi connectivity index (χ0v) is 17.5. The van der Waals surface area contributed by atoms with E-state index in [-0.39, 0.29) is 17.2 Å². The van der Waals surface area contributed by atoms with Crippen molar-refractivity contribution in [3.05, 3.63) is 54.2 Å². The molecule has 1 aromatic carbocycles. The number of aromatic amines is 1. The van der Waals surface area contributed by atoms with E-state index in [1.165, 1.54) is 24.3 Å². The maximum atomic E-state index is 13.2. The lowest BCUT2D eigenvalue weighted by Crippen LogP contribution is -2.51. The Morgan fingerprint density at radius 3 is 2.78 bits per heavy atom. The van der Waals surface area contributed by atoms with Gasteiger partial charge in [0.15, 0.2) is 0 Å². The zero-order chi connectivity index (χ0) is 22.3. The lowest BCUT2D eigenvalue weighted by molar-refractivity contribution is -0.130. The summed E-state index contributed by atoms with van der Waals surface area (Å²) < 4.78 is 13.2. The third-order valence-electron chi connectivity index (χ3n) is 6.89. The Morgan fingerprint density at radius 1 is 1.28 bits per heavy atom. The standard InChI is InChI=1S/C23H26FN5O3/c24-15-3-1-14(2-4-15)19(31)18(11-30)28-22(32)17-6-10-29(12-23(17)7-8-23)21-16-5-9-25-20(16)26-13-27-21/h1-5,9,13,17-19,30-31H,6-8,10-12H2,(H,28,32)(H,25,26,27)/t17-,18?,19?/m1/s1. The normalized spacial score (nSPS) is 21.5. The number of carbonyl (C=O) groups is 1. The second-order valence-corrected chi connectivity index (χ2v) is 8.86. The molecule has 3 heterocycles. The number of aromatic nitrogens is 3. The number of fused-ring (bicyclic) bond motifs is 1. The molecule has 3 aromatic rings. The van der Waals surface area contributed by atoms with Crippen molar-refractivity contribution >= 4 is 22.8 Å². The molecule has 1 aliphatic carbocycles. The van der Waals surface area contributed by atoms with Gasteiger partial charge in [0, 0.05) is 25.2 Å². The molecule has 168 valence electrons. The van der Waals surface area contributed by atoms with Crippen LogP contribution in [0.25, 0.3) is 11.0 Å². The van der Waals surface area contributed by atoms with Crippen molar-refractivity contribution in [2.75, 3.05) is 24.6 Å². The Bertz CT molecular complexity index is 1110. The SMILES string of the molecule is O=C(NC(CO)C(O)c1ccc(F)cc1)[C@H]1CCN(c2ncnc3[nH]ccc23)CC12CC2. The molecule has 3 atom stereocenters. The van der Waals surface area contributed by atoms with Crippen molar-refractivity contribution in [2.24, 2.45) is 11.3 Å². The lowest BCUT2D eigenvalue weighted by Gasteiger charge is -2.39. The second-order valence-electron chi connectivity index (χ2n) is 8.86. The number of anilines is 1. The second kappa shape index (κ2) is 8.14. The Hall–Kier alpha value is -3.04. The van der Waals surface area contributed by atoms with Crippen LogP contribution in [0.5, 0.6) is 0 Å². The van der Waals surface area contributed by atoms with Crippen LogP contribution in [-0.4, -0.2) is 56.8 Å². The molecule has 1 aliphatic heterocycles. The summed E-state index contributed by atoms with van der Waals surface area (Å²) in [5, 5.41) is 24.2. The topological polar surface area (TPSA) is 114 Å². The molecule has 0 bridgehead atoms. The summed E-state index contributed by atoms with van der Waals surface area (Å²) in [6.45, 7) is 0.997. The van der Waals surface area contributed by atoms with Crippen LogP contribution in [0, 0.1) is 17.2 Å².